The molecule has 1 saturated carbocycles. The van der Waals surface area contributed by atoms with Crippen LogP contribution in [0.3, 0.4) is 0 Å². The summed E-state index contributed by atoms with van der Waals surface area (Å²) in [5.74, 6) is 0.277. The molecule has 1 amide bonds. The Morgan fingerprint density at radius 2 is 1.97 bits per heavy atom. The highest BCUT2D eigenvalue weighted by Crippen LogP contribution is 2.43. The average Bonchev–Trinajstić information content (AvgIpc) is 3.38. The Labute approximate surface area is 178 Å². The molecule has 150 valence electrons. The van der Waals surface area contributed by atoms with Gasteiger partial charge in [-0.05, 0) is 61.7 Å². The number of carbonyl (C=O) groups is 1. The van der Waals surface area contributed by atoms with Gasteiger partial charge in [-0.2, -0.15) is 0 Å². The topological polar surface area (TPSA) is 76.1 Å². The monoisotopic (exact) mass is 446 g/mol. The normalized spacial score (nSPS) is 14.0. The van der Waals surface area contributed by atoms with Crippen molar-refractivity contribution < 1.29 is 13.2 Å². The second-order valence-corrected chi connectivity index (χ2v) is 10.6. The Kier molecular flexibility index (Phi) is 5.23. The van der Waals surface area contributed by atoms with Crippen LogP contribution in [0.1, 0.15) is 39.7 Å². The first kappa shape index (κ1) is 20.1. The molecule has 1 heterocycles. The van der Waals surface area contributed by atoms with Crippen molar-refractivity contribution in [2.45, 2.75) is 30.6 Å². The molecule has 0 radical (unpaired) electrons. The van der Waals surface area contributed by atoms with Crippen molar-refractivity contribution in [3.63, 3.8) is 0 Å². The number of hydrogen-bond acceptors (Lipinski definition) is 5. The lowest BCUT2D eigenvalue weighted by Gasteiger charge is -2.10. The van der Waals surface area contributed by atoms with Gasteiger partial charge in [-0.15, -0.1) is 11.3 Å². The molecule has 0 atom stereocenters. The first-order valence-electron chi connectivity index (χ1n) is 9.10. The number of thiazole rings is 1. The Morgan fingerprint density at radius 3 is 2.59 bits per heavy atom. The second kappa shape index (κ2) is 7.55. The molecule has 1 N–H and O–H groups in total. The van der Waals surface area contributed by atoms with Crippen LogP contribution in [0.25, 0.3) is 11.3 Å². The van der Waals surface area contributed by atoms with E-state index in [-0.39, 0.29) is 10.8 Å². The molecule has 0 bridgehead atoms. The quantitative estimate of drug-likeness (QED) is 0.576. The molecule has 4 rings (SSSR count). The van der Waals surface area contributed by atoms with Crippen molar-refractivity contribution in [3.8, 4) is 11.3 Å². The summed E-state index contributed by atoms with van der Waals surface area (Å²) in [7, 11) is -3.32. The maximum atomic E-state index is 12.6. The van der Waals surface area contributed by atoms with Crippen LogP contribution < -0.4 is 5.32 Å². The summed E-state index contributed by atoms with van der Waals surface area (Å²) in [6.07, 6.45) is 3.55. The van der Waals surface area contributed by atoms with E-state index in [1.54, 1.807) is 30.4 Å². The standard InChI is InChI=1S/C21H19ClN2O3S2/c1-12-9-15(29(2,26)27)6-8-16(12)20(25)23-14-5-7-17(18(22)10-14)19-11-28-21(24-19)13-3-4-13/h5-11,13H,3-4H2,1-2H3,(H,23,25). The van der Waals surface area contributed by atoms with Crippen molar-refractivity contribution in [1.29, 1.82) is 0 Å². The third-order valence-electron chi connectivity index (χ3n) is 4.82. The fourth-order valence-corrected chi connectivity index (χ4v) is 5.02. The van der Waals surface area contributed by atoms with Crippen LogP contribution in [-0.4, -0.2) is 25.6 Å². The van der Waals surface area contributed by atoms with Crippen molar-refractivity contribution >= 4 is 44.4 Å². The zero-order valence-corrected chi connectivity index (χ0v) is 18.3. The van der Waals surface area contributed by atoms with Crippen molar-refractivity contribution in [2.75, 3.05) is 11.6 Å². The van der Waals surface area contributed by atoms with E-state index in [1.165, 1.54) is 31.0 Å². The molecule has 8 heteroatoms. The van der Waals surface area contributed by atoms with E-state index in [4.69, 9.17) is 11.6 Å². The van der Waals surface area contributed by atoms with Crippen molar-refractivity contribution in [3.05, 3.63) is 62.9 Å². The lowest BCUT2D eigenvalue weighted by molar-refractivity contribution is 0.102. The summed E-state index contributed by atoms with van der Waals surface area (Å²) in [5.41, 5.74) is 3.25. The van der Waals surface area contributed by atoms with Gasteiger partial charge in [-0.25, -0.2) is 13.4 Å². The smallest absolute Gasteiger partial charge is 0.255 e. The molecule has 3 aromatic rings. The lowest BCUT2D eigenvalue weighted by Crippen LogP contribution is -2.14. The number of nitrogens with zero attached hydrogens (tertiary/aromatic N) is 1. The summed E-state index contributed by atoms with van der Waals surface area (Å²) in [5, 5.41) is 6.50. The zero-order valence-electron chi connectivity index (χ0n) is 15.9. The summed E-state index contributed by atoms with van der Waals surface area (Å²) in [4.78, 5) is 17.5. The first-order valence-corrected chi connectivity index (χ1v) is 12.2. The van der Waals surface area contributed by atoms with Gasteiger partial charge in [0, 0.05) is 34.4 Å². The number of halogens is 1. The minimum absolute atomic E-state index is 0.188. The zero-order chi connectivity index (χ0) is 20.8. The molecule has 5 nitrogen and oxygen atoms in total. The number of benzene rings is 2. The van der Waals surface area contributed by atoms with Crippen LogP contribution in [0.5, 0.6) is 0 Å². The second-order valence-electron chi connectivity index (χ2n) is 7.24. The van der Waals surface area contributed by atoms with E-state index in [0.29, 0.717) is 27.8 Å². The number of aryl methyl sites for hydroxylation is 1. The van der Waals surface area contributed by atoms with E-state index >= 15 is 0 Å². The van der Waals surface area contributed by atoms with Gasteiger partial charge < -0.3 is 5.32 Å². The summed E-state index contributed by atoms with van der Waals surface area (Å²) >= 11 is 8.10. The van der Waals surface area contributed by atoms with Gasteiger partial charge in [0.15, 0.2) is 9.84 Å². The molecule has 0 aliphatic heterocycles. The fraction of sp³-hybridized carbons (Fsp3) is 0.238. The molecular weight excluding hydrogens is 428 g/mol. The van der Waals surface area contributed by atoms with Gasteiger partial charge in [0.1, 0.15) is 0 Å². The number of amides is 1. The van der Waals surface area contributed by atoms with E-state index < -0.39 is 9.84 Å². The van der Waals surface area contributed by atoms with Gasteiger partial charge in [-0.3, -0.25) is 4.79 Å². The van der Waals surface area contributed by atoms with Crippen LogP contribution in [0.15, 0.2) is 46.7 Å². The molecule has 0 unspecified atom stereocenters. The number of anilines is 1. The lowest BCUT2D eigenvalue weighted by atomic mass is 10.1. The van der Waals surface area contributed by atoms with Gasteiger partial charge in [-0.1, -0.05) is 11.6 Å². The maximum absolute atomic E-state index is 12.6. The van der Waals surface area contributed by atoms with E-state index in [2.05, 4.69) is 10.3 Å². The van der Waals surface area contributed by atoms with Crippen LogP contribution in [0, 0.1) is 6.92 Å². The van der Waals surface area contributed by atoms with Crippen LogP contribution in [-0.2, 0) is 9.84 Å². The molecule has 1 aliphatic carbocycles. The van der Waals surface area contributed by atoms with E-state index in [1.807, 2.05) is 11.4 Å². The highest BCUT2D eigenvalue weighted by Gasteiger charge is 2.27. The summed E-state index contributed by atoms with van der Waals surface area (Å²) < 4.78 is 23.3. The third kappa shape index (κ3) is 4.37. The fourth-order valence-electron chi connectivity index (χ4n) is 3.05. The van der Waals surface area contributed by atoms with Crippen molar-refractivity contribution in [1.82, 2.24) is 4.98 Å². The largest absolute Gasteiger partial charge is 0.322 e. The minimum atomic E-state index is -3.32. The Bertz CT molecular complexity index is 1210. The third-order valence-corrected chi connectivity index (χ3v) is 7.25. The highest BCUT2D eigenvalue weighted by molar-refractivity contribution is 7.90. The van der Waals surface area contributed by atoms with Gasteiger partial charge in [0.05, 0.1) is 20.6 Å². The Balaban J connectivity index is 1.53. The van der Waals surface area contributed by atoms with Crippen LogP contribution in [0.4, 0.5) is 5.69 Å². The summed E-state index contributed by atoms with van der Waals surface area (Å²) in [6.45, 7) is 1.71. The van der Waals surface area contributed by atoms with Gasteiger partial charge in [0.2, 0.25) is 0 Å². The van der Waals surface area contributed by atoms with E-state index in [9.17, 15) is 13.2 Å². The average molecular weight is 447 g/mol. The molecule has 29 heavy (non-hydrogen) atoms. The first-order chi connectivity index (χ1) is 13.7. The molecule has 0 saturated heterocycles. The molecule has 0 spiro atoms. The Hall–Kier alpha value is -2.22. The SMILES string of the molecule is Cc1cc(S(C)(=O)=O)ccc1C(=O)Nc1ccc(-c2csc(C3CC3)n2)c(Cl)c1. The number of hydrogen-bond donors (Lipinski definition) is 1. The summed E-state index contributed by atoms with van der Waals surface area (Å²) in [6, 6.07) is 9.79. The van der Waals surface area contributed by atoms with Gasteiger partial charge >= 0.3 is 0 Å². The number of aromatic nitrogens is 1. The maximum Gasteiger partial charge on any atom is 0.255 e. The minimum Gasteiger partial charge on any atom is -0.322 e. The van der Waals surface area contributed by atoms with Crippen molar-refractivity contribution in [2.24, 2.45) is 0 Å². The predicted octanol–water partition coefficient (Wildman–Crippen LogP) is 5.31. The molecule has 2 aromatic carbocycles. The van der Waals surface area contributed by atoms with Gasteiger partial charge in [0.25, 0.3) is 5.91 Å². The van der Waals surface area contributed by atoms with Crippen LogP contribution in [0.2, 0.25) is 5.02 Å². The predicted molar refractivity (Wildman–Crippen MR) is 117 cm³/mol. The molecular formula is C21H19ClN2O3S2. The number of sulfone groups is 1. The molecule has 1 fully saturated rings. The van der Waals surface area contributed by atoms with Crippen LogP contribution >= 0.6 is 22.9 Å². The molecule has 1 aliphatic rings. The highest BCUT2D eigenvalue weighted by atomic mass is 35.5. The Morgan fingerprint density at radius 1 is 1.21 bits per heavy atom. The van der Waals surface area contributed by atoms with E-state index in [0.717, 1.165) is 22.5 Å². The molecule has 1 aromatic heterocycles. The number of rotatable bonds is 5. The number of carbonyl (C=O) groups excluding carboxylic acids is 1. The number of nitrogens with one attached hydrogen (secondary N) is 1.